The fourth-order valence-corrected chi connectivity index (χ4v) is 0.857. The molecule has 1 heterocycles. The van der Waals surface area contributed by atoms with Crippen LogP contribution < -0.4 is 5.32 Å². The van der Waals surface area contributed by atoms with Gasteiger partial charge in [-0.15, -0.1) is 0 Å². The Kier molecular flexibility index (Phi) is 10.1. The van der Waals surface area contributed by atoms with Crippen molar-refractivity contribution in [3.8, 4) is 0 Å². The summed E-state index contributed by atoms with van der Waals surface area (Å²) < 4.78 is 14.4. The summed E-state index contributed by atoms with van der Waals surface area (Å²) in [5.74, 6) is 0. The van der Waals surface area contributed by atoms with Crippen molar-refractivity contribution in [2.24, 2.45) is 0 Å². The van der Waals surface area contributed by atoms with Gasteiger partial charge in [-0.05, 0) is 0 Å². The summed E-state index contributed by atoms with van der Waals surface area (Å²) in [5.41, 5.74) is 0. The van der Waals surface area contributed by atoms with Crippen molar-refractivity contribution in [3.63, 3.8) is 0 Å². The number of hydrogen-bond donors (Lipinski definition) is 1. The summed E-state index contributed by atoms with van der Waals surface area (Å²) in [5, 5.41) is 3.16. The molecule has 0 aromatic heterocycles. The molecule has 1 rings (SSSR count). The van der Waals surface area contributed by atoms with E-state index in [1.807, 2.05) is 0 Å². The molecule has 1 saturated heterocycles. The average molecular weight is 234 g/mol. The van der Waals surface area contributed by atoms with Gasteiger partial charge in [0.15, 0.2) is 0 Å². The normalized spacial score (nSPS) is 14.7. The van der Waals surface area contributed by atoms with Gasteiger partial charge in [-0.2, -0.15) is 0 Å². The van der Waals surface area contributed by atoms with Crippen LogP contribution in [0.25, 0.3) is 0 Å². The van der Waals surface area contributed by atoms with Crippen molar-refractivity contribution in [1.82, 2.24) is 10.2 Å². The largest absolute Gasteiger partial charge is 0.447 e. The van der Waals surface area contributed by atoms with Crippen LogP contribution in [0.1, 0.15) is 0 Å². The van der Waals surface area contributed by atoms with E-state index in [-0.39, 0.29) is 6.09 Å². The average Bonchev–Trinajstić information content (AvgIpc) is 2.32. The molecule has 96 valence electrons. The first-order valence-corrected chi connectivity index (χ1v) is 5.30. The SMILES string of the molecule is C1COCCN1.COCCOC(=O)N(C)C. The molecule has 0 aromatic rings. The Balaban J connectivity index is 0.000000315. The molecule has 1 amide bonds. The fourth-order valence-electron chi connectivity index (χ4n) is 0.857. The van der Waals surface area contributed by atoms with Gasteiger partial charge in [-0.1, -0.05) is 0 Å². The molecule has 0 aliphatic carbocycles. The summed E-state index contributed by atoms with van der Waals surface area (Å²) in [7, 11) is 4.83. The third kappa shape index (κ3) is 9.70. The fraction of sp³-hybridized carbons (Fsp3) is 0.900. The van der Waals surface area contributed by atoms with Crippen LogP contribution in [0.4, 0.5) is 4.79 Å². The summed E-state index contributed by atoms with van der Waals surface area (Å²) in [4.78, 5) is 12.0. The van der Waals surface area contributed by atoms with Crippen molar-refractivity contribution in [2.75, 3.05) is 60.7 Å². The highest BCUT2D eigenvalue weighted by molar-refractivity contribution is 5.66. The molecule has 0 spiro atoms. The summed E-state index contributed by atoms with van der Waals surface area (Å²) in [6.45, 7) is 4.59. The highest BCUT2D eigenvalue weighted by atomic mass is 16.6. The molecule has 16 heavy (non-hydrogen) atoms. The third-order valence-corrected chi connectivity index (χ3v) is 1.72. The van der Waals surface area contributed by atoms with Crippen molar-refractivity contribution < 1.29 is 19.0 Å². The van der Waals surface area contributed by atoms with Gasteiger partial charge >= 0.3 is 6.09 Å². The Morgan fingerprint density at radius 3 is 2.25 bits per heavy atom. The molecule has 0 unspecified atom stereocenters. The molecule has 1 fully saturated rings. The van der Waals surface area contributed by atoms with Gasteiger partial charge in [0.05, 0.1) is 19.8 Å². The quantitative estimate of drug-likeness (QED) is 0.693. The molecule has 1 aliphatic heterocycles. The van der Waals surface area contributed by atoms with E-state index >= 15 is 0 Å². The smallest absolute Gasteiger partial charge is 0.409 e. The Hall–Kier alpha value is -0.850. The number of hydrogen-bond acceptors (Lipinski definition) is 5. The van der Waals surface area contributed by atoms with E-state index < -0.39 is 0 Å². The standard InChI is InChI=1S/C6H13NO3.C4H9NO/c1-7(2)6(8)10-5-4-9-3;1-3-6-4-2-5-1/h4-5H2,1-3H3;5H,1-4H2. The summed E-state index contributed by atoms with van der Waals surface area (Å²) in [6.07, 6.45) is -0.336. The number of nitrogens with zero attached hydrogens (tertiary/aromatic N) is 1. The molecule has 6 nitrogen and oxygen atoms in total. The van der Waals surface area contributed by atoms with E-state index in [1.165, 1.54) is 4.90 Å². The van der Waals surface area contributed by atoms with Crippen molar-refractivity contribution >= 4 is 6.09 Å². The van der Waals surface area contributed by atoms with E-state index in [1.54, 1.807) is 21.2 Å². The zero-order valence-corrected chi connectivity index (χ0v) is 10.3. The minimum Gasteiger partial charge on any atom is -0.447 e. The summed E-state index contributed by atoms with van der Waals surface area (Å²) in [6, 6.07) is 0. The van der Waals surface area contributed by atoms with E-state index in [9.17, 15) is 4.79 Å². The second-order valence-electron chi connectivity index (χ2n) is 3.36. The highest BCUT2D eigenvalue weighted by Crippen LogP contribution is 1.84. The maximum atomic E-state index is 10.7. The number of ether oxygens (including phenoxy) is 3. The van der Waals surface area contributed by atoms with Crippen LogP contribution >= 0.6 is 0 Å². The Morgan fingerprint density at radius 2 is 1.94 bits per heavy atom. The van der Waals surface area contributed by atoms with Crippen LogP contribution in [0, 0.1) is 0 Å². The van der Waals surface area contributed by atoms with Gasteiger partial charge in [-0.3, -0.25) is 0 Å². The van der Waals surface area contributed by atoms with Crippen molar-refractivity contribution in [1.29, 1.82) is 0 Å². The van der Waals surface area contributed by atoms with Gasteiger partial charge in [0.25, 0.3) is 0 Å². The maximum Gasteiger partial charge on any atom is 0.409 e. The van der Waals surface area contributed by atoms with Crippen molar-refractivity contribution in [3.05, 3.63) is 0 Å². The minimum absolute atomic E-state index is 0.313. The Labute approximate surface area is 96.8 Å². The van der Waals surface area contributed by atoms with Gasteiger partial charge in [0.1, 0.15) is 6.61 Å². The van der Waals surface area contributed by atoms with Crippen LogP contribution in [-0.2, 0) is 14.2 Å². The van der Waals surface area contributed by atoms with Crippen LogP contribution in [0.5, 0.6) is 0 Å². The predicted octanol–water partition coefficient (Wildman–Crippen LogP) is -0.0628. The lowest BCUT2D eigenvalue weighted by atomic mass is 10.5. The number of methoxy groups -OCH3 is 1. The van der Waals surface area contributed by atoms with Gasteiger partial charge < -0.3 is 24.4 Å². The second-order valence-corrected chi connectivity index (χ2v) is 3.36. The zero-order valence-electron chi connectivity index (χ0n) is 10.3. The number of rotatable bonds is 3. The Morgan fingerprint density at radius 1 is 1.31 bits per heavy atom. The topological polar surface area (TPSA) is 60.0 Å². The molecule has 0 atom stereocenters. The van der Waals surface area contributed by atoms with E-state index in [0.717, 1.165) is 26.3 Å². The van der Waals surface area contributed by atoms with E-state index in [2.05, 4.69) is 10.1 Å². The lowest BCUT2D eigenvalue weighted by molar-refractivity contribution is 0.0817. The molecular weight excluding hydrogens is 212 g/mol. The predicted molar refractivity (Wildman–Crippen MR) is 60.6 cm³/mol. The highest BCUT2D eigenvalue weighted by Gasteiger charge is 2.02. The van der Waals surface area contributed by atoms with Crippen LogP contribution in [0.2, 0.25) is 0 Å². The van der Waals surface area contributed by atoms with Gasteiger partial charge in [0, 0.05) is 34.3 Å². The third-order valence-electron chi connectivity index (χ3n) is 1.72. The molecule has 1 N–H and O–H groups in total. The molecule has 0 aromatic carbocycles. The lowest BCUT2D eigenvalue weighted by Gasteiger charge is -2.10. The summed E-state index contributed by atoms with van der Waals surface area (Å²) >= 11 is 0. The lowest BCUT2D eigenvalue weighted by Crippen LogP contribution is -2.30. The first-order valence-electron chi connectivity index (χ1n) is 5.30. The minimum atomic E-state index is -0.336. The van der Waals surface area contributed by atoms with Crippen LogP contribution in [0.3, 0.4) is 0 Å². The number of amides is 1. The van der Waals surface area contributed by atoms with E-state index in [0.29, 0.717) is 13.2 Å². The van der Waals surface area contributed by atoms with Gasteiger partial charge in [-0.25, -0.2) is 4.79 Å². The number of morpholine rings is 1. The molecule has 0 radical (unpaired) electrons. The molecule has 6 heteroatoms. The van der Waals surface area contributed by atoms with Gasteiger partial charge in [0.2, 0.25) is 0 Å². The molecule has 1 aliphatic rings. The van der Waals surface area contributed by atoms with Crippen LogP contribution in [0.15, 0.2) is 0 Å². The van der Waals surface area contributed by atoms with Crippen LogP contribution in [-0.4, -0.2) is 71.7 Å². The monoisotopic (exact) mass is 234 g/mol. The molecule has 0 saturated carbocycles. The Bertz CT molecular complexity index is 161. The molecule has 0 bridgehead atoms. The number of nitrogens with one attached hydrogen (secondary N) is 1. The first kappa shape index (κ1) is 15.2. The second kappa shape index (κ2) is 10.7. The maximum absolute atomic E-state index is 10.7. The number of carbonyl (C=O) groups is 1. The zero-order chi connectivity index (χ0) is 12.2. The number of carbonyl (C=O) groups excluding carboxylic acids is 1. The van der Waals surface area contributed by atoms with E-state index in [4.69, 9.17) is 9.47 Å². The first-order chi connectivity index (χ1) is 7.68. The molecular formula is C10H22N2O4. The van der Waals surface area contributed by atoms with Crippen molar-refractivity contribution in [2.45, 2.75) is 0 Å².